The van der Waals surface area contributed by atoms with Gasteiger partial charge in [0, 0.05) is 13.1 Å². The molecule has 2 aliphatic heterocycles. The zero-order chi connectivity index (χ0) is 22.7. The van der Waals surface area contributed by atoms with Crippen LogP contribution in [-0.4, -0.2) is 61.4 Å². The molecule has 0 saturated carbocycles. The summed E-state index contributed by atoms with van der Waals surface area (Å²) in [7, 11) is 4.06. The molecule has 0 unspecified atom stereocenters. The number of ether oxygens (including phenoxy) is 1. The smallest absolute Gasteiger partial charge is 0.282 e. The van der Waals surface area contributed by atoms with E-state index in [2.05, 4.69) is 11.9 Å². The highest BCUT2D eigenvalue weighted by Gasteiger charge is 2.44. The molecule has 2 aromatic carbocycles. The van der Waals surface area contributed by atoms with Crippen LogP contribution in [0.4, 0.5) is 5.69 Å². The highest BCUT2D eigenvalue weighted by Crippen LogP contribution is 2.39. The average Bonchev–Trinajstić information content (AvgIpc) is 3.08. The van der Waals surface area contributed by atoms with E-state index in [0.717, 1.165) is 37.9 Å². The molecule has 6 nitrogen and oxygen atoms in total. The maximum absolute atomic E-state index is 13.8. The summed E-state index contributed by atoms with van der Waals surface area (Å²) in [5, 5.41) is 0. The maximum Gasteiger partial charge on any atom is 0.282 e. The van der Waals surface area contributed by atoms with Crippen molar-refractivity contribution >= 4 is 23.1 Å². The fraction of sp³-hybridized carbons (Fsp3) is 0.385. The van der Waals surface area contributed by atoms with Gasteiger partial charge in [-0.15, -0.1) is 0 Å². The van der Waals surface area contributed by atoms with Crippen LogP contribution in [0.25, 0.3) is 5.57 Å². The minimum absolute atomic E-state index is 0.211. The number of carbonyl (C=O) groups excluding carboxylic acids is 2. The Labute approximate surface area is 190 Å². The van der Waals surface area contributed by atoms with E-state index in [1.807, 2.05) is 67.4 Å². The van der Waals surface area contributed by atoms with Gasteiger partial charge in [-0.25, -0.2) is 4.90 Å². The van der Waals surface area contributed by atoms with Crippen LogP contribution in [0.5, 0.6) is 5.75 Å². The van der Waals surface area contributed by atoms with Gasteiger partial charge in [-0.05, 0) is 57.1 Å². The normalized spacial score (nSPS) is 17.9. The molecule has 6 heteroatoms. The number of hydrogen-bond acceptors (Lipinski definition) is 5. The van der Waals surface area contributed by atoms with E-state index in [1.165, 1.54) is 4.90 Å². The van der Waals surface area contributed by atoms with Crippen LogP contribution in [0.1, 0.15) is 31.7 Å². The Morgan fingerprint density at radius 1 is 0.969 bits per heavy atom. The lowest BCUT2D eigenvalue weighted by molar-refractivity contribution is -0.120. The summed E-state index contributed by atoms with van der Waals surface area (Å²) in [5.41, 5.74) is 2.19. The Morgan fingerprint density at radius 2 is 1.62 bits per heavy atom. The standard InChI is InChI=1S/C26H31N3O3/c1-4-18-32-22-13-9-8-12-21(22)29-25(30)23(19-10-6-5-7-11-19)24(26(29)31)28(3)20-14-16-27(2)17-15-20/h5-13,20H,4,14-18H2,1-3H3. The Hall–Kier alpha value is -3.12. The van der Waals surface area contributed by atoms with Crippen molar-refractivity contribution < 1.29 is 14.3 Å². The summed E-state index contributed by atoms with van der Waals surface area (Å²) in [6.45, 7) is 4.50. The molecule has 0 radical (unpaired) electrons. The van der Waals surface area contributed by atoms with Crippen molar-refractivity contribution in [2.45, 2.75) is 32.2 Å². The topological polar surface area (TPSA) is 53.1 Å². The van der Waals surface area contributed by atoms with E-state index in [1.54, 1.807) is 6.07 Å². The molecule has 2 aliphatic rings. The molecular formula is C26H31N3O3. The Kier molecular flexibility index (Phi) is 6.61. The SMILES string of the molecule is CCCOc1ccccc1N1C(=O)C(c2ccccc2)=C(N(C)C2CCN(C)CC2)C1=O. The zero-order valence-corrected chi connectivity index (χ0v) is 19.1. The van der Waals surface area contributed by atoms with Crippen LogP contribution in [0.2, 0.25) is 0 Å². The number of likely N-dealkylation sites (N-methyl/N-ethyl adjacent to an activating group) is 1. The summed E-state index contributed by atoms with van der Waals surface area (Å²) in [6.07, 6.45) is 2.75. The van der Waals surface area contributed by atoms with Gasteiger partial charge in [0.05, 0.1) is 17.9 Å². The number of anilines is 1. The Morgan fingerprint density at radius 3 is 2.31 bits per heavy atom. The molecule has 0 aromatic heterocycles. The van der Waals surface area contributed by atoms with Crippen molar-refractivity contribution in [2.75, 3.05) is 38.7 Å². The van der Waals surface area contributed by atoms with Gasteiger partial charge in [-0.1, -0.05) is 49.4 Å². The second kappa shape index (κ2) is 9.57. The van der Waals surface area contributed by atoms with Gasteiger partial charge in [0.25, 0.3) is 11.8 Å². The average molecular weight is 434 g/mol. The summed E-state index contributed by atoms with van der Waals surface area (Å²) in [6, 6.07) is 17.0. The number of imide groups is 1. The van der Waals surface area contributed by atoms with Gasteiger partial charge < -0.3 is 14.5 Å². The third-order valence-corrected chi connectivity index (χ3v) is 6.28. The van der Waals surface area contributed by atoms with E-state index < -0.39 is 0 Å². The number of hydrogen-bond donors (Lipinski definition) is 0. The summed E-state index contributed by atoms with van der Waals surface area (Å²) in [4.78, 5) is 33.2. The molecule has 1 saturated heterocycles. The predicted octanol–water partition coefficient (Wildman–Crippen LogP) is 3.79. The third kappa shape index (κ3) is 4.15. The first-order chi connectivity index (χ1) is 15.5. The number of carbonyl (C=O) groups is 2. The van der Waals surface area contributed by atoms with Gasteiger partial charge >= 0.3 is 0 Å². The van der Waals surface area contributed by atoms with Gasteiger partial charge in [0.15, 0.2) is 0 Å². The predicted molar refractivity (Wildman–Crippen MR) is 126 cm³/mol. The van der Waals surface area contributed by atoms with Crippen molar-refractivity contribution in [3.63, 3.8) is 0 Å². The minimum atomic E-state index is -0.302. The second-order valence-electron chi connectivity index (χ2n) is 8.50. The van der Waals surface area contributed by atoms with E-state index in [4.69, 9.17) is 4.74 Å². The first-order valence-corrected chi connectivity index (χ1v) is 11.3. The van der Waals surface area contributed by atoms with Crippen molar-refractivity contribution in [2.24, 2.45) is 0 Å². The molecule has 0 bridgehead atoms. The molecule has 1 fully saturated rings. The van der Waals surface area contributed by atoms with Crippen LogP contribution in [0.15, 0.2) is 60.3 Å². The molecule has 2 heterocycles. The number of nitrogens with zero attached hydrogens (tertiary/aromatic N) is 3. The lowest BCUT2D eigenvalue weighted by Crippen LogP contribution is -2.43. The largest absolute Gasteiger partial charge is 0.491 e. The minimum Gasteiger partial charge on any atom is -0.491 e. The molecule has 0 atom stereocenters. The van der Waals surface area contributed by atoms with Crippen LogP contribution < -0.4 is 9.64 Å². The van der Waals surface area contributed by atoms with Crippen LogP contribution in [-0.2, 0) is 9.59 Å². The monoisotopic (exact) mass is 433 g/mol. The molecule has 2 aromatic rings. The fourth-order valence-corrected chi connectivity index (χ4v) is 4.47. The van der Waals surface area contributed by atoms with Crippen molar-refractivity contribution in [1.29, 1.82) is 0 Å². The highest BCUT2D eigenvalue weighted by molar-refractivity contribution is 6.45. The number of likely N-dealkylation sites (tertiary alicyclic amines) is 1. The highest BCUT2D eigenvalue weighted by atomic mass is 16.5. The Balaban J connectivity index is 1.76. The summed E-state index contributed by atoms with van der Waals surface area (Å²) < 4.78 is 5.88. The van der Waals surface area contributed by atoms with Gasteiger partial charge in [0.1, 0.15) is 11.4 Å². The first-order valence-electron chi connectivity index (χ1n) is 11.3. The van der Waals surface area contributed by atoms with Gasteiger partial charge in [-0.2, -0.15) is 0 Å². The van der Waals surface area contributed by atoms with E-state index in [9.17, 15) is 9.59 Å². The molecule has 32 heavy (non-hydrogen) atoms. The van der Waals surface area contributed by atoms with Crippen LogP contribution in [0.3, 0.4) is 0 Å². The first kappa shape index (κ1) is 22.1. The number of benzene rings is 2. The number of rotatable bonds is 7. The number of amides is 2. The van der Waals surface area contributed by atoms with E-state index >= 15 is 0 Å². The molecule has 4 rings (SSSR count). The molecule has 0 N–H and O–H groups in total. The molecule has 0 aliphatic carbocycles. The molecule has 168 valence electrons. The second-order valence-corrected chi connectivity index (χ2v) is 8.50. The summed E-state index contributed by atoms with van der Waals surface area (Å²) in [5.74, 6) is -0.0435. The van der Waals surface area contributed by atoms with Gasteiger partial charge in [0.2, 0.25) is 0 Å². The zero-order valence-electron chi connectivity index (χ0n) is 19.1. The molecule has 0 spiro atoms. The lowest BCUT2D eigenvalue weighted by atomic mass is 10.0. The van der Waals surface area contributed by atoms with Gasteiger partial charge in [-0.3, -0.25) is 9.59 Å². The maximum atomic E-state index is 13.8. The van der Waals surface area contributed by atoms with Crippen molar-refractivity contribution in [3.8, 4) is 5.75 Å². The van der Waals surface area contributed by atoms with Crippen molar-refractivity contribution in [1.82, 2.24) is 9.80 Å². The van der Waals surface area contributed by atoms with Crippen LogP contribution in [0, 0.1) is 0 Å². The van der Waals surface area contributed by atoms with E-state index in [-0.39, 0.29) is 17.9 Å². The third-order valence-electron chi connectivity index (χ3n) is 6.28. The van der Waals surface area contributed by atoms with Crippen LogP contribution >= 0.6 is 0 Å². The molecular weight excluding hydrogens is 402 g/mol. The van der Waals surface area contributed by atoms with Crippen molar-refractivity contribution in [3.05, 3.63) is 65.9 Å². The van der Waals surface area contributed by atoms with E-state index in [0.29, 0.717) is 29.3 Å². The quantitative estimate of drug-likeness (QED) is 0.622. The summed E-state index contributed by atoms with van der Waals surface area (Å²) >= 11 is 0. The fourth-order valence-electron chi connectivity index (χ4n) is 4.47. The Bertz CT molecular complexity index is 1010. The lowest BCUT2D eigenvalue weighted by Gasteiger charge is -2.36. The number of piperidine rings is 1. The number of para-hydroxylation sites is 2. The molecule has 2 amide bonds.